The minimum absolute atomic E-state index is 0.148. The molecule has 9 heavy (non-hydrogen) atoms. The molecule has 1 aliphatic rings. The molecule has 0 aliphatic carbocycles. The number of thiol groups is 1. The fourth-order valence-corrected chi connectivity index (χ4v) is 2.44. The van der Waals surface area contributed by atoms with Crippen LogP contribution in [0.15, 0.2) is 23.0 Å². The molecule has 0 aromatic heterocycles. The van der Waals surface area contributed by atoms with Crippen LogP contribution in [0.4, 0.5) is 0 Å². The van der Waals surface area contributed by atoms with Gasteiger partial charge < -0.3 is 0 Å². The summed E-state index contributed by atoms with van der Waals surface area (Å²) in [6.45, 7) is 3.81. The predicted octanol–water partition coefficient (Wildman–Crippen LogP) is 2.64. The standard InChI is InChI=1S/C8H13S/c1-2-3-6-9-7-4-5-8-9/h4-5,7-9H,1-3,6H2. The highest BCUT2D eigenvalue weighted by molar-refractivity contribution is 8.22. The molecule has 51 valence electrons. The van der Waals surface area contributed by atoms with Gasteiger partial charge in [-0.25, -0.2) is 10.9 Å². The summed E-state index contributed by atoms with van der Waals surface area (Å²) in [4.78, 5) is 0. The van der Waals surface area contributed by atoms with Gasteiger partial charge in [-0.15, -0.1) is 0 Å². The normalized spacial score (nSPS) is 19.4. The van der Waals surface area contributed by atoms with Gasteiger partial charge in [0.05, 0.1) is 0 Å². The van der Waals surface area contributed by atoms with Crippen LogP contribution >= 0.6 is 10.9 Å². The Bertz CT molecular complexity index is 113. The Kier molecular flexibility index (Phi) is 2.92. The Morgan fingerprint density at radius 2 is 1.89 bits per heavy atom. The topological polar surface area (TPSA) is 0 Å². The lowest BCUT2D eigenvalue weighted by Gasteiger charge is -2.06. The first-order valence-electron chi connectivity index (χ1n) is 3.33. The zero-order chi connectivity index (χ0) is 6.53. The number of hydrogen-bond donors (Lipinski definition) is 1. The molecular weight excluding hydrogens is 128 g/mol. The molecule has 0 saturated heterocycles. The first-order valence-corrected chi connectivity index (χ1v) is 5.00. The molecule has 1 heteroatoms. The van der Waals surface area contributed by atoms with Crippen molar-refractivity contribution < 1.29 is 0 Å². The monoisotopic (exact) mass is 141 g/mol. The Hall–Kier alpha value is -0.170. The summed E-state index contributed by atoms with van der Waals surface area (Å²) in [6, 6.07) is 0. The highest BCUT2D eigenvalue weighted by Gasteiger charge is 1.95. The second-order valence-electron chi connectivity index (χ2n) is 2.13. The maximum atomic E-state index is 3.81. The van der Waals surface area contributed by atoms with Crippen molar-refractivity contribution in [3.8, 4) is 0 Å². The quantitative estimate of drug-likeness (QED) is 0.574. The Morgan fingerprint density at radius 1 is 1.22 bits per heavy atom. The van der Waals surface area contributed by atoms with Crippen molar-refractivity contribution in [2.24, 2.45) is 0 Å². The molecule has 1 heterocycles. The van der Waals surface area contributed by atoms with Crippen LogP contribution in [0.1, 0.15) is 12.8 Å². The molecule has 0 bridgehead atoms. The summed E-state index contributed by atoms with van der Waals surface area (Å²) in [7, 11) is 0.148. The highest BCUT2D eigenvalue weighted by Crippen LogP contribution is 2.33. The fourth-order valence-electron chi connectivity index (χ4n) is 0.814. The second-order valence-corrected chi connectivity index (χ2v) is 4.20. The summed E-state index contributed by atoms with van der Waals surface area (Å²) in [6.07, 6.45) is 6.66. The number of unbranched alkanes of at least 4 members (excludes halogenated alkanes) is 1. The molecule has 1 aliphatic heterocycles. The number of hydrogen-bond acceptors (Lipinski definition) is 0. The van der Waals surface area contributed by atoms with Crippen molar-refractivity contribution in [1.82, 2.24) is 0 Å². The lowest BCUT2D eigenvalue weighted by atomic mass is 10.4. The smallest absolute Gasteiger partial charge is 0.0185 e. The van der Waals surface area contributed by atoms with Crippen LogP contribution in [-0.2, 0) is 0 Å². The van der Waals surface area contributed by atoms with Gasteiger partial charge in [-0.3, -0.25) is 0 Å². The van der Waals surface area contributed by atoms with Gasteiger partial charge in [-0.1, -0.05) is 25.5 Å². The number of allylic oxidation sites excluding steroid dienone is 2. The molecular formula is C8H13S. The van der Waals surface area contributed by atoms with Crippen LogP contribution < -0.4 is 0 Å². The zero-order valence-electron chi connectivity index (χ0n) is 5.59. The van der Waals surface area contributed by atoms with E-state index in [1.807, 2.05) is 0 Å². The lowest BCUT2D eigenvalue weighted by molar-refractivity contribution is 0.969. The lowest BCUT2D eigenvalue weighted by Crippen LogP contribution is -1.79. The largest absolute Gasteiger partial charge is 0.213 e. The third-order valence-corrected chi connectivity index (χ3v) is 3.28. The van der Waals surface area contributed by atoms with Crippen LogP contribution in [0.5, 0.6) is 0 Å². The fraction of sp³-hybridized carbons (Fsp3) is 0.375. The molecule has 1 rings (SSSR count). The summed E-state index contributed by atoms with van der Waals surface area (Å²) in [5.74, 6) is 1.34. The van der Waals surface area contributed by atoms with E-state index in [9.17, 15) is 0 Å². The minimum atomic E-state index is 0.148. The van der Waals surface area contributed by atoms with Crippen molar-refractivity contribution in [3.63, 3.8) is 0 Å². The van der Waals surface area contributed by atoms with Crippen molar-refractivity contribution in [2.75, 3.05) is 5.75 Å². The van der Waals surface area contributed by atoms with Crippen LogP contribution in [0.2, 0.25) is 0 Å². The Balaban J connectivity index is 2.13. The van der Waals surface area contributed by atoms with Gasteiger partial charge in [0.2, 0.25) is 0 Å². The maximum Gasteiger partial charge on any atom is -0.0185 e. The highest BCUT2D eigenvalue weighted by atomic mass is 32.2. The molecule has 0 aromatic rings. The Labute approximate surface area is 60.0 Å². The summed E-state index contributed by atoms with van der Waals surface area (Å²) in [5.41, 5.74) is 0. The second kappa shape index (κ2) is 3.78. The summed E-state index contributed by atoms with van der Waals surface area (Å²) in [5, 5.41) is 4.62. The first-order chi connectivity index (χ1) is 4.43. The molecule has 0 N–H and O–H groups in total. The van der Waals surface area contributed by atoms with E-state index < -0.39 is 0 Å². The molecule has 0 spiro atoms. The van der Waals surface area contributed by atoms with Crippen LogP contribution in [0.25, 0.3) is 0 Å². The third kappa shape index (κ3) is 2.27. The molecule has 0 amide bonds. The molecule has 0 nitrogen and oxygen atoms in total. The molecule has 0 aromatic carbocycles. The maximum absolute atomic E-state index is 3.81. The zero-order valence-corrected chi connectivity index (χ0v) is 6.48. The van der Waals surface area contributed by atoms with Gasteiger partial charge in [0.1, 0.15) is 0 Å². The van der Waals surface area contributed by atoms with Crippen molar-refractivity contribution in [2.45, 2.75) is 12.8 Å². The average Bonchev–Trinajstić information content (AvgIpc) is 2.34. The van der Waals surface area contributed by atoms with Crippen molar-refractivity contribution >= 4 is 10.9 Å². The van der Waals surface area contributed by atoms with Gasteiger partial charge >= 0.3 is 0 Å². The van der Waals surface area contributed by atoms with Crippen molar-refractivity contribution in [1.29, 1.82) is 0 Å². The molecule has 1 radical (unpaired) electrons. The van der Waals surface area contributed by atoms with Gasteiger partial charge in [-0.05, 0) is 23.0 Å². The van der Waals surface area contributed by atoms with E-state index in [-0.39, 0.29) is 10.9 Å². The first kappa shape index (κ1) is 6.94. The van der Waals surface area contributed by atoms with E-state index in [1.54, 1.807) is 0 Å². The number of rotatable bonds is 3. The molecule has 0 unspecified atom stereocenters. The van der Waals surface area contributed by atoms with E-state index in [1.165, 1.54) is 12.2 Å². The Morgan fingerprint density at radius 3 is 2.44 bits per heavy atom. The van der Waals surface area contributed by atoms with E-state index in [0.29, 0.717) is 0 Å². The van der Waals surface area contributed by atoms with Gasteiger partial charge in [0.25, 0.3) is 0 Å². The molecule has 0 atom stereocenters. The summed E-state index contributed by atoms with van der Waals surface area (Å²) < 4.78 is 0. The van der Waals surface area contributed by atoms with E-state index in [2.05, 4.69) is 29.9 Å². The molecule has 0 saturated carbocycles. The van der Waals surface area contributed by atoms with Crippen LogP contribution in [-0.4, -0.2) is 5.75 Å². The van der Waals surface area contributed by atoms with E-state index in [0.717, 1.165) is 6.42 Å². The predicted molar refractivity (Wildman–Crippen MR) is 46.7 cm³/mol. The van der Waals surface area contributed by atoms with Crippen molar-refractivity contribution in [3.05, 3.63) is 29.9 Å². The average molecular weight is 141 g/mol. The summed E-state index contributed by atoms with van der Waals surface area (Å²) >= 11 is 0. The minimum Gasteiger partial charge on any atom is -0.213 e. The molecule has 0 fully saturated rings. The van der Waals surface area contributed by atoms with Crippen LogP contribution in [0.3, 0.4) is 0 Å². The van der Waals surface area contributed by atoms with Gasteiger partial charge in [0, 0.05) is 0 Å². The SMILES string of the molecule is [CH2]CCC[SH]1C=CC=C1. The third-order valence-electron chi connectivity index (χ3n) is 1.33. The van der Waals surface area contributed by atoms with Crippen LogP contribution in [0, 0.1) is 6.92 Å². The van der Waals surface area contributed by atoms with Gasteiger partial charge in [-0.2, -0.15) is 0 Å². The van der Waals surface area contributed by atoms with E-state index in [4.69, 9.17) is 0 Å². The van der Waals surface area contributed by atoms with E-state index >= 15 is 0 Å². The van der Waals surface area contributed by atoms with Gasteiger partial charge in [0.15, 0.2) is 0 Å².